The van der Waals surface area contributed by atoms with Crippen LogP contribution in [0.4, 0.5) is 0 Å². The van der Waals surface area contributed by atoms with E-state index in [0.717, 1.165) is 10.2 Å². The summed E-state index contributed by atoms with van der Waals surface area (Å²) in [5, 5.41) is 16.8. The fourth-order valence-electron chi connectivity index (χ4n) is 2.16. The summed E-state index contributed by atoms with van der Waals surface area (Å²) in [6, 6.07) is 7.50. The number of benzene rings is 1. The fourth-order valence-corrected chi connectivity index (χ4v) is 2.55. The van der Waals surface area contributed by atoms with Gasteiger partial charge in [0.2, 0.25) is 0 Å². The monoisotopic (exact) mass is 380 g/mol. The number of carbonyl (C=O) groups excluding carboxylic acids is 1. The minimum Gasteiger partial charge on any atom is -0.481 e. The van der Waals surface area contributed by atoms with Gasteiger partial charge in [0.1, 0.15) is 0 Å². The summed E-state index contributed by atoms with van der Waals surface area (Å²) in [6.07, 6.45) is -0.0988. The largest absolute Gasteiger partial charge is 0.481 e. The van der Waals surface area contributed by atoms with Crippen molar-refractivity contribution in [3.05, 3.63) is 40.1 Å². The number of amides is 1. The lowest BCUT2D eigenvalue weighted by molar-refractivity contribution is -0.137. The molecule has 8 heteroatoms. The Morgan fingerprint density at radius 3 is 2.74 bits per heavy atom. The van der Waals surface area contributed by atoms with E-state index in [1.807, 2.05) is 24.3 Å². The second-order valence-corrected chi connectivity index (χ2v) is 5.86. The summed E-state index contributed by atoms with van der Waals surface area (Å²) < 4.78 is 2.48. The van der Waals surface area contributed by atoms with Gasteiger partial charge >= 0.3 is 5.97 Å². The van der Waals surface area contributed by atoms with Gasteiger partial charge in [-0.1, -0.05) is 27.2 Å². The number of aromatic nitrogens is 3. The minimum absolute atomic E-state index is 0.0988. The van der Waals surface area contributed by atoms with Crippen molar-refractivity contribution in [2.75, 3.05) is 13.1 Å². The predicted octanol–water partition coefficient (Wildman–Crippen LogP) is 2.28. The number of carbonyl (C=O) groups is 2. The van der Waals surface area contributed by atoms with Gasteiger partial charge in [-0.05, 0) is 32.0 Å². The highest BCUT2D eigenvalue weighted by atomic mass is 79.9. The lowest BCUT2D eigenvalue weighted by Crippen LogP contribution is -2.33. The highest BCUT2D eigenvalue weighted by Crippen LogP contribution is 2.18. The predicted molar refractivity (Wildman–Crippen MR) is 87.6 cm³/mol. The van der Waals surface area contributed by atoms with Gasteiger partial charge in [-0.2, -0.15) is 0 Å². The molecule has 122 valence electrons. The van der Waals surface area contributed by atoms with Gasteiger partial charge in [0.05, 0.1) is 17.8 Å². The molecule has 0 saturated carbocycles. The molecule has 2 rings (SSSR count). The molecule has 0 aliphatic heterocycles. The maximum atomic E-state index is 12.5. The average Bonchev–Trinajstić information content (AvgIpc) is 2.89. The van der Waals surface area contributed by atoms with Crippen LogP contribution < -0.4 is 0 Å². The lowest BCUT2D eigenvalue weighted by Gasteiger charge is -2.18. The van der Waals surface area contributed by atoms with Gasteiger partial charge in [0.15, 0.2) is 5.69 Å². The molecule has 0 unspecified atom stereocenters. The number of carboxylic acids is 1. The first kappa shape index (κ1) is 17.1. The summed E-state index contributed by atoms with van der Waals surface area (Å²) in [6.45, 7) is 4.12. The average molecular weight is 381 g/mol. The van der Waals surface area contributed by atoms with Crippen LogP contribution in [0.1, 0.15) is 29.5 Å². The third kappa shape index (κ3) is 3.95. The zero-order chi connectivity index (χ0) is 17.0. The van der Waals surface area contributed by atoms with Gasteiger partial charge in [-0.3, -0.25) is 9.59 Å². The van der Waals surface area contributed by atoms with Gasteiger partial charge < -0.3 is 10.0 Å². The van der Waals surface area contributed by atoms with Gasteiger partial charge in [0, 0.05) is 17.6 Å². The first-order valence-electron chi connectivity index (χ1n) is 7.13. The van der Waals surface area contributed by atoms with Crippen molar-refractivity contribution in [2.45, 2.75) is 20.3 Å². The van der Waals surface area contributed by atoms with Crippen molar-refractivity contribution >= 4 is 27.8 Å². The Morgan fingerprint density at radius 1 is 1.39 bits per heavy atom. The summed E-state index contributed by atoms with van der Waals surface area (Å²) in [5.74, 6) is -1.25. The zero-order valence-electron chi connectivity index (χ0n) is 12.9. The fraction of sp³-hybridized carbons (Fsp3) is 0.333. The molecule has 1 N–H and O–H groups in total. The SMILES string of the molecule is CCN(CCC(=O)O)C(=O)c1nnn(-c2cccc(Br)c2)c1C. The second-order valence-electron chi connectivity index (χ2n) is 4.94. The van der Waals surface area contributed by atoms with Crippen LogP contribution in [0, 0.1) is 6.92 Å². The molecule has 1 amide bonds. The standard InChI is InChI=1S/C15H17BrN4O3/c1-3-19(8-7-13(21)22)15(23)14-10(2)20(18-17-14)12-6-4-5-11(16)9-12/h4-6,9H,3,7-8H2,1-2H3,(H,21,22). The van der Waals surface area contributed by atoms with E-state index in [9.17, 15) is 9.59 Å². The quantitative estimate of drug-likeness (QED) is 0.830. The Balaban J connectivity index is 2.27. The molecule has 23 heavy (non-hydrogen) atoms. The second kappa shape index (κ2) is 7.36. The number of hydrogen-bond acceptors (Lipinski definition) is 4. The number of halogens is 1. The van der Waals surface area contributed by atoms with Gasteiger partial charge in [-0.15, -0.1) is 5.10 Å². The molecule has 0 saturated heterocycles. The normalized spacial score (nSPS) is 10.6. The Bertz CT molecular complexity index is 729. The molecule has 2 aromatic rings. The van der Waals surface area contributed by atoms with Crippen LogP contribution in [0.5, 0.6) is 0 Å². The van der Waals surface area contributed by atoms with Crippen LogP contribution >= 0.6 is 15.9 Å². The van der Waals surface area contributed by atoms with Crippen LogP contribution in [0.15, 0.2) is 28.7 Å². The smallest absolute Gasteiger partial charge is 0.305 e. The van der Waals surface area contributed by atoms with E-state index in [0.29, 0.717) is 12.2 Å². The highest BCUT2D eigenvalue weighted by Gasteiger charge is 2.22. The molecule has 1 aromatic heterocycles. The molecule has 0 atom stereocenters. The van der Waals surface area contributed by atoms with Gasteiger partial charge in [0.25, 0.3) is 5.91 Å². The number of aliphatic carboxylic acids is 1. The van der Waals surface area contributed by atoms with E-state index in [1.165, 1.54) is 4.90 Å². The van der Waals surface area contributed by atoms with E-state index in [-0.39, 0.29) is 24.6 Å². The first-order chi connectivity index (χ1) is 10.9. The minimum atomic E-state index is -0.939. The molecule has 0 fully saturated rings. The Labute approximate surface area is 142 Å². The highest BCUT2D eigenvalue weighted by molar-refractivity contribution is 9.10. The Hall–Kier alpha value is -2.22. The van der Waals surface area contributed by atoms with Crippen molar-refractivity contribution < 1.29 is 14.7 Å². The molecule has 7 nitrogen and oxygen atoms in total. The molecule has 0 radical (unpaired) electrons. The van der Waals surface area contributed by atoms with E-state index in [2.05, 4.69) is 26.2 Å². The summed E-state index contributed by atoms with van der Waals surface area (Å²) in [7, 11) is 0. The molecule has 0 bridgehead atoms. The van der Waals surface area contributed by atoms with Crippen LogP contribution in [-0.2, 0) is 4.79 Å². The Kier molecular flexibility index (Phi) is 5.49. The van der Waals surface area contributed by atoms with Crippen molar-refractivity contribution in [1.82, 2.24) is 19.9 Å². The van der Waals surface area contributed by atoms with Crippen LogP contribution in [0.2, 0.25) is 0 Å². The summed E-state index contributed by atoms with van der Waals surface area (Å²) >= 11 is 3.40. The molecular formula is C15H17BrN4O3. The first-order valence-corrected chi connectivity index (χ1v) is 7.92. The topological polar surface area (TPSA) is 88.3 Å². The maximum Gasteiger partial charge on any atom is 0.305 e. The van der Waals surface area contributed by atoms with Crippen LogP contribution in [0.25, 0.3) is 5.69 Å². The van der Waals surface area contributed by atoms with Crippen molar-refractivity contribution in [3.8, 4) is 5.69 Å². The number of carboxylic acid groups (broad SMARTS) is 1. The Morgan fingerprint density at radius 2 is 2.13 bits per heavy atom. The van der Waals surface area contributed by atoms with Crippen LogP contribution in [-0.4, -0.2) is 50.0 Å². The van der Waals surface area contributed by atoms with Crippen molar-refractivity contribution in [3.63, 3.8) is 0 Å². The molecule has 0 aliphatic rings. The molecular weight excluding hydrogens is 364 g/mol. The lowest BCUT2D eigenvalue weighted by atomic mass is 10.2. The van der Waals surface area contributed by atoms with E-state index in [1.54, 1.807) is 18.5 Å². The van der Waals surface area contributed by atoms with Crippen molar-refractivity contribution in [2.24, 2.45) is 0 Å². The zero-order valence-corrected chi connectivity index (χ0v) is 14.4. The third-order valence-electron chi connectivity index (χ3n) is 3.41. The summed E-state index contributed by atoms with van der Waals surface area (Å²) in [4.78, 5) is 24.7. The van der Waals surface area contributed by atoms with Crippen LogP contribution in [0.3, 0.4) is 0 Å². The van der Waals surface area contributed by atoms with Gasteiger partial charge in [-0.25, -0.2) is 4.68 Å². The van der Waals surface area contributed by atoms with Crippen molar-refractivity contribution in [1.29, 1.82) is 0 Å². The molecule has 0 aliphatic carbocycles. The number of nitrogens with zero attached hydrogens (tertiary/aromatic N) is 4. The van der Waals surface area contributed by atoms with E-state index in [4.69, 9.17) is 5.11 Å². The molecule has 1 aromatic carbocycles. The maximum absolute atomic E-state index is 12.5. The molecule has 0 spiro atoms. The number of hydrogen-bond donors (Lipinski definition) is 1. The number of rotatable bonds is 6. The summed E-state index contributed by atoms with van der Waals surface area (Å²) in [5.41, 5.74) is 1.64. The third-order valence-corrected chi connectivity index (χ3v) is 3.91. The van der Waals surface area contributed by atoms with E-state index < -0.39 is 5.97 Å². The molecule has 1 heterocycles. The van der Waals surface area contributed by atoms with E-state index >= 15 is 0 Å².